The zero-order chi connectivity index (χ0) is 14.2. The van der Waals surface area contributed by atoms with Crippen molar-refractivity contribution >= 4 is 16.9 Å². The number of aryl methyl sites for hydroxylation is 1. The van der Waals surface area contributed by atoms with Crippen LogP contribution in [0.3, 0.4) is 0 Å². The maximum absolute atomic E-state index is 13.6. The van der Waals surface area contributed by atoms with E-state index in [9.17, 15) is 8.78 Å². The Hall–Kier alpha value is -1.72. The van der Waals surface area contributed by atoms with Crippen LogP contribution in [0.4, 0.5) is 14.6 Å². The molecule has 0 spiro atoms. The van der Waals surface area contributed by atoms with E-state index in [1.54, 1.807) is 0 Å². The minimum absolute atomic E-state index is 0.00287. The summed E-state index contributed by atoms with van der Waals surface area (Å²) in [6.45, 7) is 2.30. The quantitative estimate of drug-likeness (QED) is 0.902. The Bertz CT molecular complexity index is 608. The van der Waals surface area contributed by atoms with E-state index in [1.165, 1.54) is 6.33 Å². The molecule has 0 saturated heterocycles. The fraction of sp³-hybridized carbons (Fsp3) is 0.571. The van der Waals surface area contributed by atoms with Gasteiger partial charge in [0.1, 0.15) is 17.8 Å². The summed E-state index contributed by atoms with van der Waals surface area (Å²) in [6, 6.07) is 0. The molecule has 1 fully saturated rings. The predicted octanol–water partition coefficient (Wildman–Crippen LogP) is 3.37. The van der Waals surface area contributed by atoms with E-state index in [1.807, 2.05) is 13.1 Å². The molecular formula is C14H18F2N4. The molecule has 20 heavy (non-hydrogen) atoms. The Morgan fingerprint density at radius 1 is 1.45 bits per heavy atom. The minimum Gasteiger partial charge on any atom is -0.369 e. The Balaban J connectivity index is 1.82. The first-order valence-corrected chi connectivity index (χ1v) is 7.04. The van der Waals surface area contributed by atoms with Crippen LogP contribution in [0.25, 0.3) is 11.0 Å². The van der Waals surface area contributed by atoms with Crippen LogP contribution in [0.15, 0.2) is 12.5 Å². The third-order valence-corrected chi connectivity index (χ3v) is 4.11. The second kappa shape index (κ2) is 5.00. The number of hydrogen-bond donors (Lipinski definition) is 2. The van der Waals surface area contributed by atoms with E-state index < -0.39 is 11.8 Å². The minimum atomic E-state index is -2.55. The maximum atomic E-state index is 13.6. The number of aromatic nitrogens is 3. The van der Waals surface area contributed by atoms with Crippen LogP contribution >= 0.6 is 0 Å². The molecule has 1 saturated carbocycles. The molecule has 0 amide bonds. The molecule has 1 atom stereocenters. The first-order chi connectivity index (χ1) is 9.62. The molecular weight excluding hydrogens is 262 g/mol. The monoisotopic (exact) mass is 280 g/mol. The van der Waals surface area contributed by atoms with Gasteiger partial charge in [0, 0.05) is 25.1 Å². The fourth-order valence-corrected chi connectivity index (χ4v) is 2.91. The fourth-order valence-electron chi connectivity index (χ4n) is 2.91. The number of nitrogens with one attached hydrogen (secondary N) is 2. The molecule has 6 heteroatoms. The van der Waals surface area contributed by atoms with E-state index in [4.69, 9.17) is 0 Å². The van der Waals surface area contributed by atoms with Crippen LogP contribution in [-0.4, -0.2) is 27.4 Å². The summed E-state index contributed by atoms with van der Waals surface area (Å²) >= 11 is 0. The van der Waals surface area contributed by atoms with Gasteiger partial charge in [-0.15, -0.1) is 0 Å². The number of halogens is 2. The molecule has 2 N–H and O–H groups in total. The zero-order valence-corrected chi connectivity index (χ0v) is 11.4. The summed E-state index contributed by atoms with van der Waals surface area (Å²) in [5, 5.41) is 4.01. The first-order valence-electron chi connectivity index (χ1n) is 7.04. The van der Waals surface area contributed by atoms with Crippen molar-refractivity contribution in [1.82, 2.24) is 15.0 Å². The molecule has 1 aliphatic rings. The molecule has 0 radical (unpaired) electrons. The van der Waals surface area contributed by atoms with Crippen molar-refractivity contribution in [3.05, 3.63) is 18.1 Å². The molecule has 2 aromatic heterocycles. The van der Waals surface area contributed by atoms with Gasteiger partial charge < -0.3 is 10.3 Å². The van der Waals surface area contributed by atoms with Crippen LogP contribution in [0.1, 0.15) is 31.7 Å². The van der Waals surface area contributed by atoms with Gasteiger partial charge >= 0.3 is 0 Å². The van der Waals surface area contributed by atoms with Gasteiger partial charge in [-0.25, -0.2) is 18.7 Å². The molecule has 3 rings (SSSR count). The smallest absolute Gasteiger partial charge is 0.252 e. The van der Waals surface area contributed by atoms with Gasteiger partial charge in [0.05, 0.1) is 5.39 Å². The van der Waals surface area contributed by atoms with Crippen molar-refractivity contribution in [3.8, 4) is 0 Å². The van der Waals surface area contributed by atoms with Crippen LogP contribution in [0, 0.1) is 5.92 Å². The zero-order valence-electron chi connectivity index (χ0n) is 11.4. The predicted molar refractivity (Wildman–Crippen MR) is 74.0 cm³/mol. The van der Waals surface area contributed by atoms with Crippen molar-refractivity contribution in [2.24, 2.45) is 5.92 Å². The summed E-state index contributed by atoms with van der Waals surface area (Å²) in [7, 11) is 0. The average Bonchev–Trinajstić information content (AvgIpc) is 2.99. The molecule has 4 nitrogen and oxygen atoms in total. The van der Waals surface area contributed by atoms with Gasteiger partial charge in [0.15, 0.2) is 0 Å². The molecule has 1 unspecified atom stereocenters. The van der Waals surface area contributed by atoms with E-state index >= 15 is 0 Å². The number of alkyl halides is 2. The SMILES string of the molecule is CCc1c[nH]c2ncnc(NCC3CCCC3(F)F)c12. The van der Waals surface area contributed by atoms with Crippen molar-refractivity contribution in [3.63, 3.8) is 0 Å². The lowest BCUT2D eigenvalue weighted by molar-refractivity contribution is -0.0318. The summed E-state index contributed by atoms with van der Waals surface area (Å²) in [5.74, 6) is -2.50. The third kappa shape index (κ3) is 2.23. The number of H-pyrrole nitrogens is 1. The molecule has 0 bridgehead atoms. The summed E-state index contributed by atoms with van der Waals surface area (Å²) < 4.78 is 27.3. The second-order valence-corrected chi connectivity index (χ2v) is 5.34. The van der Waals surface area contributed by atoms with Gasteiger partial charge in [-0.2, -0.15) is 0 Å². The van der Waals surface area contributed by atoms with E-state index in [0.717, 1.165) is 23.0 Å². The normalized spacial score (nSPS) is 21.4. The number of rotatable bonds is 4. The van der Waals surface area contributed by atoms with Gasteiger partial charge in [0.25, 0.3) is 5.92 Å². The molecule has 108 valence electrons. The van der Waals surface area contributed by atoms with Crippen LogP contribution < -0.4 is 5.32 Å². The number of hydrogen-bond acceptors (Lipinski definition) is 3. The molecule has 2 aromatic rings. The van der Waals surface area contributed by atoms with Crippen molar-refractivity contribution in [2.45, 2.75) is 38.5 Å². The van der Waals surface area contributed by atoms with Crippen LogP contribution in [-0.2, 0) is 6.42 Å². The topological polar surface area (TPSA) is 53.6 Å². The van der Waals surface area contributed by atoms with Crippen molar-refractivity contribution in [1.29, 1.82) is 0 Å². The van der Waals surface area contributed by atoms with Crippen molar-refractivity contribution in [2.75, 3.05) is 11.9 Å². The highest BCUT2D eigenvalue weighted by Gasteiger charge is 2.43. The van der Waals surface area contributed by atoms with Crippen LogP contribution in [0.2, 0.25) is 0 Å². The van der Waals surface area contributed by atoms with E-state index in [0.29, 0.717) is 18.7 Å². The number of nitrogens with zero attached hydrogens (tertiary/aromatic N) is 2. The Kier molecular flexibility index (Phi) is 3.31. The second-order valence-electron chi connectivity index (χ2n) is 5.34. The standard InChI is InChI=1S/C14H18F2N4/c1-2-9-6-17-12-11(9)13(20-8-19-12)18-7-10-4-3-5-14(10,15)16/h6,8,10H,2-5,7H2,1H3,(H2,17,18,19,20). The highest BCUT2D eigenvalue weighted by molar-refractivity contribution is 5.90. The number of fused-ring (bicyclic) bond motifs is 1. The van der Waals surface area contributed by atoms with Gasteiger partial charge in [-0.3, -0.25) is 0 Å². The summed E-state index contributed by atoms with van der Waals surface area (Å²) in [5.41, 5.74) is 1.85. The Morgan fingerprint density at radius 2 is 2.30 bits per heavy atom. The molecule has 1 aliphatic carbocycles. The highest BCUT2D eigenvalue weighted by atomic mass is 19.3. The van der Waals surface area contributed by atoms with Crippen LogP contribution in [0.5, 0.6) is 0 Å². The average molecular weight is 280 g/mol. The lowest BCUT2D eigenvalue weighted by atomic mass is 10.1. The number of aromatic amines is 1. The van der Waals surface area contributed by atoms with Gasteiger partial charge in [-0.05, 0) is 24.8 Å². The largest absolute Gasteiger partial charge is 0.369 e. The van der Waals surface area contributed by atoms with Gasteiger partial charge in [0.2, 0.25) is 0 Å². The van der Waals surface area contributed by atoms with Gasteiger partial charge in [-0.1, -0.05) is 6.92 Å². The summed E-state index contributed by atoms with van der Waals surface area (Å²) in [4.78, 5) is 11.5. The highest BCUT2D eigenvalue weighted by Crippen LogP contribution is 2.40. The molecule has 2 heterocycles. The van der Waals surface area contributed by atoms with E-state index in [2.05, 4.69) is 20.3 Å². The lowest BCUT2D eigenvalue weighted by Gasteiger charge is -2.19. The summed E-state index contributed by atoms with van der Waals surface area (Å²) in [6.07, 6.45) is 5.37. The third-order valence-electron chi connectivity index (χ3n) is 4.11. The van der Waals surface area contributed by atoms with Crippen molar-refractivity contribution < 1.29 is 8.78 Å². The molecule has 0 aromatic carbocycles. The Labute approximate surface area is 116 Å². The Morgan fingerprint density at radius 3 is 3.00 bits per heavy atom. The lowest BCUT2D eigenvalue weighted by Crippen LogP contribution is -2.28. The van der Waals surface area contributed by atoms with E-state index in [-0.39, 0.29) is 13.0 Å². The maximum Gasteiger partial charge on any atom is 0.252 e. The first kappa shape index (κ1) is 13.3. The molecule has 0 aliphatic heterocycles. The number of anilines is 1.